The Morgan fingerprint density at radius 3 is 2.48 bits per heavy atom. The maximum absolute atomic E-state index is 13.1. The zero-order valence-corrected chi connectivity index (χ0v) is 14.7. The fourth-order valence-corrected chi connectivity index (χ4v) is 4.15. The lowest BCUT2D eigenvalue weighted by Crippen LogP contribution is -2.31. The van der Waals surface area contributed by atoms with Crippen LogP contribution in [-0.2, 0) is 22.1 Å². The van der Waals surface area contributed by atoms with E-state index in [4.69, 9.17) is 0 Å². The Labute approximate surface area is 146 Å². The molecule has 1 aliphatic rings. The van der Waals surface area contributed by atoms with Gasteiger partial charge >= 0.3 is 12.1 Å². The van der Waals surface area contributed by atoms with Gasteiger partial charge in [0, 0.05) is 5.70 Å². The van der Waals surface area contributed by atoms with Gasteiger partial charge in [0.2, 0.25) is 0 Å². The summed E-state index contributed by atoms with van der Waals surface area (Å²) >= 11 is -1.52. The topological polar surface area (TPSA) is 72.4 Å². The second-order valence-corrected chi connectivity index (χ2v) is 7.36. The zero-order valence-electron chi connectivity index (χ0n) is 13.9. The number of carbonyl (C=O) groups is 1. The van der Waals surface area contributed by atoms with E-state index in [0.717, 1.165) is 12.1 Å². The standard InChI is InChI=1S/C17H18F3NO3S/c1-4-25(24)15-10(3)21-9(2)13(16(22)23)14(15)11-6-5-7-12(8-11)17(18,19)20/h5-8,14,21H,4H2,1-3H3,(H,22,23). The largest absolute Gasteiger partial charge is 0.612 e. The minimum absolute atomic E-state index is 0.0956. The van der Waals surface area contributed by atoms with E-state index in [-0.39, 0.29) is 16.9 Å². The van der Waals surface area contributed by atoms with E-state index in [0.29, 0.717) is 16.3 Å². The van der Waals surface area contributed by atoms with Crippen molar-refractivity contribution in [2.75, 3.05) is 5.75 Å². The summed E-state index contributed by atoms with van der Waals surface area (Å²) in [7, 11) is 0. The molecule has 8 heteroatoms. The third kappa shape index (κ3) is 3.85. The molecule has 1 aliphatic heterocycles. The molecule has 0 aliphatic carbocycles. The fourth-order valence-electron chi connectivity index (χ4n) is 2.93. The highest BCUT2D eigenvalue weighted by Gasteiger charge is 2.40. The van der Waals surface area contributed by atoms with Gasteiger partial charge in [-0.3, -0.25) is 0 Å². The van der Waals surface area contributed by atoms with Crippen LogP contribution in [-0.4, -0.2) is 21.4 Å². The Morgan fingerprint density at radius 1 is 1.32 bits per heavy atom. The number of hydrogen-bond acceptors (Lipinski definition) is 3. The van der Waals surface area contributed by atoms with Gasteiger partial charge in [-0.1, -0.05) is 18.2 Å². The molecule has 2 unspecified atom stereocenters. The van der Waals surface area contributed by atoms with Gasteiger partial charge in [0.1, 0.15) is 5.75 Å². The first-order chi connectivity index (χ1) is 11.6. The first-order valence-electron chi connectivity index (χ1n) is 7.55. The predicted molar refractivity (Wildman–Crippen MR) is 89.0 cm³/mol. The van der Waals surface area contributed by atoms with Gasteiger partial charge in [-0.15, -0.1) is 0 Å². The van der Waals surface area contributed by atoms with Crippen molar-refractivity contribution in [3.05, 3.63) is 57.3 Å². The van der Waals surface area contributed by atoms with Gasteiger partial charge in [-0.25, -0.2) is 4.79 Å². The molecule has 1 heterocycles. The van der Waals surface area contributed by atoms with Gasteiger partial charge in [-0.05, 0) is 43.6 Å². The molecule has 1 aromatic rings. The van der Waals surface area contributed by atoms with Crippen LogP contribution in [0.1, 0.15) is 37.8 Å². The molecule has 2 atom stereocenters. The smallest absolute Gasteiger partial charge is 0.416 e. The lowest BCUT2D eigenvalue weighted by molar-refractivity contribution is -0.137. The lowest BCUT2D eigenvalue weighted by Gasteiger charge is -2.30. The van der Waals surface area contributed by atoms with E-state index in [2.05, 4.69) is 5.32 Å². The molecule has 136 valence electrons. The minimum atomic E-state index is -4.55. The van der Waals surface area contributed by atoms with Crippen LogP contribution in [0.5, 0.6) is 0 Å². The van der Waals surface area contributed by atoms with Crippen LogP contribution in [0.4, 0.5) is 13.2 Å². The van der Waals surface area contributed by atoms with E-state index in [9.17, 15) is 27.6 Å². The zero-order chi connectivity index (χ0) is 18.9. The average molecular weight is 373 g/mol. The van der Waals surface area contributed by atoms with Crippen LogP contribution < -0.4 is 5.32 Å². The Hall–Kier alpha value is -1.93. The second kappa shape index (κ2) is 7.13. The van der Waals surface area contributed by atoms with Gasteiger partial charge in [0.15, 0.2) is 4.91 Å². The van der Waals surface area contributed by atoms with Crippen molar-refractivity contribution in [1.82, 2.24) is 5.32 Å². The number of carboxylic acid groups (broad SMARTS) is 1. The molecule has 0 bridgehead atoms. The predicted octanol–water partition coefficient (Wildman–Crippen LogP) is 3.75. The number of rotatable bonds is 4. The summed E-state index contributed by atoms with van der Waals surface area (Å²) < 4.78 is 51.7. The van der Waals surface area contributed by atoms with E-state index < -0.39 is 34.8 Å². The normalized spacial score (nSPS) is 19.7. The van der Waals surface area contributed by atoms with E-state index in [1.807, 2.05) is 0 Å². The summed E-state index contributed by atoms with van der Waals surface area (Å²) in [5.41, 5.74) is 0.0190. The molecule has 0 fully saturated rings. The van der Waals surface area contributed by atoms with E-state index in [1.54, 1.807) is 20.8 Å². The molecular formula is C17H18F3NO3S. The monoisotopic (exact) mass is 373 g/mol. The van der Waals surface area contributed by atoms with Gasteiger partial charge in [-0.2, -0.15) is 13.2 Å². The molecule has 0 spiro atoms. The SMILES string of the molecule is CC[S+]([O-])C1=C(C)NC(C)=C(C(=O)O)C1c1cccc(C(F)(F)F)c1. The van der Waals surface area contributed by atoms with Crippen LogP contribution in [0.2, 0.25) is 0 Å². The molecule has 2 N–H and O–H groups in total. The van der Waals surface area contributed by atoms with Crippen LogP contribution >= 0.6 is 0 Å². The summed E-state index contributed by atoms with van der Waals surface area (Å²) in [6.45, 7) is 4.86. The van der Waals surface area contributed by atoms with Crippen LogP contribution in [0.25, 0.3) is 0 Å². The molecule has 4 nitrogen and oxygen atoms in total. The molecule has 0 radical (unpaired) electrons. The van der Waals surface area contributed by atoms with E-state index >= 15 is 0 Å². The van der Waals surface area contributed by atoms with Crippen molar-refractivity contribution in [1.29, 1.82) is 0 Å². The molecule has 0 saturated heterocycles. The quantitative estimate of drug-likeness (QED) is 0.789. The molecule has 0 saturated carbocycles. The fraction of sp³-hybridized carbons (Fsp3) is 0.353. The maximum Gasteiger partial charge on any atom is 0.416 e. The Bertz CT molecular complexity index is 756. The highest BCUT2D eigenvalue weighted by molar-refractivity contribution is 7.95. The summed E-state index contributed by atoms with van der Waals surface area (Å²) in [4.78, 5) is 12.0. The van der Waals surface area contributed by atoms with Crippen LogP contribution in [0, 0.1) is 0 Å². The van der Waals surface area contributed by atoms with Crippen LogP contribution in [0.15, 0.2) is 46.1 Å². The summed E-state index contributed by atoms with van der Waals surface area (Å²) in [5, 5.41) is 12.5. The molecule has 0 amide bonds. The molecule has 2 rings (SSSR count). The van der Waals surface area contributed by atoms with Gasteiger partial charge in [0.05, 0.1) is 22.8 Å². The minimum Gasteiger partial charge on any atom is -0.612 e. The highest BCUT2D eigenvalue weighted by Crippen LogP contribution is 2.42. The second-order valence-electron chi connectivity index (χ2n) is 5.65. The summed E-state index contributed by atoms with van der Waals surface area (Å²) in [5.74, 6) is -2.03. The number of carboxylic acids is 1. The number of dihydropyridines is 1. The number of benzene rings is 1. The third-order valence-electron chi connectivity index (χ3n) is 3.98. The van der Waals surface area contributed by atoms with Gasteiger partial charge < -0.3 is 15.0 Å². The van der Waals surface area contributed by atoms with Crippen molar-refractivity contribution in [3.63, 3.8) is 0 Å². The van der Waals surface area contributed by atoms with Crippen molar-refractivity contribution >= 4 is 17.1 Å². The first kappa shape index (κ1) is 19.4. The Morgan fingerprint density at radius 2 is 1.96 bits per heavy atom. The van der Waals surface area contributed by atoms with Crippen molar-refractivity contribution < 1.29 is 27.6 Å². The molecule has 0 aromatic heterocycles. The molecule has 25 heavy (non-hydrogen) atoms. The molecule has 1 aromatic carbocycles. The Balaban J connectivity index is 2.70. The number of alkyl halides is 3. The van der Waals surface area contributed by atoms with Crippen molar-refractivity contribution in [3.8, 4) is 0 Å². The highest BCUT2D eigenvalue weighted by atomic mass is 32.2. The van der Waals surface area contributed by atoms with Crippen LogP contribution in [0.3, 0.4) is 0 Å². The summed E-state index contributed by atoms with van der Waals surface area (Å²) in [6.07, 6.45) is -4.55. The lowest BCUT2D eigenvalue weighted by atomic mass is 9.86. The Kier molecular flexibility index (Phi) is 5.53. The maximum atomic E-state index is 13.1. The van der Waals surface area contributed by atoms with Gasteiger partial charge in [0.25, 0.3) is 0 Å². The number of hydrogen-bond donors (Lipinski definition) is 2. The number of nitrogens with one attached hydrogen (secondary N) is 1. The van der Waals surface area contributed by atoms with Crippen molar-refractivity contribution in [2.24, 2.45) is 0 Å². The summed E-state index contributed by atoms with van der Waals surface area (Å²) in [6, 6.07) is 4.51. The number of allylic oxidation sites excluding steroid dienone is 3. The average Bonchev–Trinajstić information content (AvgIpc) is 2.52. The molecular weight excluding hydrogens is 355 g/mol. The number of halogens is 3. The number of aliphatic carboxylic acids is 1. The van der Waals surface area contributed by atoms with Crippen molar-refractivity contribution in [2.45, 2.75) is 32.9 Å². The van der Waals surface area contributed by atoms with E-state index in [1.165, 1.54) is 12.1 Å². The third-order valence-corrected chi connectivity index (χ3v) is 5.54. The first-order valence-corrected chi connectivity index (χ1v) is 8.87.